The van der Waals surface area contributed by atoms with Crippen molar-refractivity contribution in [1.82, 2.24) is 0 Å². The first-order valence-corrected chi connectivity index (χ1v) is 28.8. The summed E-state index contributed by atoms with van der Waals surface area (Å²) in [6.45, 7) is 3.98. The van der Waals surface area contributed by atoms with Gasteiger partial charge in [-0.3, -0.25) is 9.35 Å². The summed E-state index contributed by atoms with van der Waals surface area (Å²) in [6, 6.07) is 0. The SMILES string of the molecule is CCCCCCC/C=C\C/C=C\C/C=C\CCCCCCCCCOCC(COC1OC(CO)C(O)C(OS(=O)(=O)O)C1O)OC(=O)CCCCCCCCCCC/C=C\CCCCCCCC. The van der Waals surface area contributed by atoms with Gasteiger partial charge in [-0.15, -0.1) is 0 Å². The molecule has 68 heavy (non-hydrogen) atoms. The van der Waals surface area contributed by atoms with E-state index >= 15 is 0 Å². The van der Waals surface area contributed by atoms with Crippen molar-refractivity contribution in [3.63, 3.8) is 0 Å². The number of esters is 1. The fourth-order valence-corrected chi connectivity index (χ4v) is 8.77. The van der Waals surface area contributed by atoms with Crippen LogP contribution >= 0.6 is 0 Å². The minimum atomic E-state index is -5.07. The van der Waals surface area contributed by atoms with Crippen molar-refractivity contribution in [2.24, 2.45) is 0 Å². The van der Waals surface area contributed by atoms with E-state index in [1.165, 1.54) is 148 Å². The average molecular weight is 985 g/mol. The Morgan fingerprint density at radius 2 is 0.971 bits per heavy atom. The predicted octanol–water partition coefficient (Wildman–Crippen LogP) is 13.1. The van der Waals surface area contributed by atoms with E-state index in [2.05, 4.69) is 66.6 Å². The highest BCUT2D eigenvalue weighted by Gasteiger charge is 2.48. The lowest BCUT2D eigenvalue weighted by Gasteiger charge is -2.41. The molecular formula is C55H100O12S. The summed E-state index contributed by atoms with van der Waals surface area (Å²) in [7, 11) is -5.07. The van der Waals surface area contributed by atoms with Crippen LogP contribution in [-0.2, 0) is 38.3 Å². The maximum atomic E-state index is 12.9. The first-order chi connectivity index (χ1) is 33.1. The molecule has 13 heteroatoms. The number of aliphatic hydroxyl groups is 3. The summed E-state index contributed by atoms with van der Waals surface area (Å²) in [5.41, 5.74) is 0. The third-order valence-corrected chi connectivity index (χ3v) is 12.9. The maximum absolute atomic E-state index is 12.9. The molecule has 0 amide bonds. The minimum Gasteiger partial charge on any atom is -0.457 e. The number of rotatable bonds is 48. The molecule has 1 saturated heterocycles. The van der Waals surface area contributed by atoms with Crippen molar-refractivity contribution in [2.45, 2.75) is 269 Å². The number of hydrogen-bond donors (Lipinski definition) is 4. The summed E-state index contributed by atoms with van der Waals surface area (Å²) in [4.78, 5) is 12.9. The van der Waals surface area contributed by atoms with E-state index in [0.717, 1.165) is 57.8 Å². The zero-order valence-electron chi connectivity index (χ0n) is 42.9. The van der Waals surface area contributed by atoms with Crippen LogP contribution in [0.3, 0.4) is 0 Å². The van der Waals surface area contributed by atoms with Crippen LogP contribution < -0.4 is 0 Å². The second kappa shape index (κ2) is 46.2. The smallest absolute Gasteiger partial charge is 0.397 e. The van der Waals surface area contributed by atoms with Gasteiger partial charge in [0.2, 0.25) is 0 Å². The largest absolute Gasteiger partial charge is 0.457 e. The molecule has 0 spiro atoms. The summed E-state index contributed by atoms with van der Waals surface area (Å²) < 4.78 is 59.3. The minimum absolute atomic E-state index is 0.0284. The first-order valence-electron chi connectivity index (χ1n) is 27.4. The Morgan fingerprint density at radius 1 is 0.559 bits per heavy atom. The average Bonchev–Trinajstić information content (AvgIpc) is 3.31. The van der Waals surface area contributed by atoms with Gasteiger partial charge in [-0.1, -0.05) is 197 Å². The molecule has 1 fully saturated rings. The number of carbonyl (C=O) groups is 1. The van der Waals surface area contributed by atoms with Crippen LogP contribution in [-0.4, -0.2) is 97.5 Å². The summed E-state index contributed by atoms with van der Waals surface area (Å²) in [6.07, 6.45) is 48.5. The van der Waals surface area contributed by atoms with Gasteiger partial charge in [-0.25, -0.2) is 4.18 Å². The Balaban J connectivity index is 2.34. The normalized spacial score (nSPS) is 19.6. The molecule has 0 bridgehead atoms. The van der Waals surface area contributed by atoms with E-state index in [4.69, 9.17) is 18.9 Å². The zero-order chi connectivity index (χ0) is 49.6. The molecule has 1 aliphatic heterocycles. The second-order valence-corrected chi connectivity index (χ2v) is 19.9. The summed E-state index contributed by atoms with van der Waals surface area (Å²) in [5, 5.41) is 30.8. The van der Waals surface area contributed by atoms with E-state index in [1.54, 1.807) is 0 Å². The molecule has 6 atom stereocenters. The highest BCUT2D eigenvalue weighted by atomic mass is 32.3. The molecule has 0 saturated carbocycles. The van der Waals surface area contributed by atoms with Crippen molar-refractivity contribution >= 4 is 16.4 Å². The molecule has 0 aromatic heterocycles. The molecule has 4 N–H and O–H groups in total. The Kier molecular flexibility index (Phi) is 43.5. The van der Waals surface area contributed by atoms with Gasteiger partial charge in [-0.05, 0) is 77.0 Å². The van der Waals surface area contributed by atoms with Gasteiger partial charge in [0.25, 0.3) is 0 Å². The molecule has 1 aliphatic rings. The molecule has 398 valence electrons. The van der Waals surface area contributed by atoms with Crippen LogP contribution in [0.2, 0.25) is 0 Å². The molecule has 0 aromatic rings. The Bertz CT molecular complexity index is 1370. The van der Waals surface area contributed by atoms with Crippen LogP contribution in [0.1, 0.15) is 232 Å². The lowest BCUT2D eigenvalue weighted by molar-refractivity contribution is -0.301. The predicted molar refractivity (Wildman–Crippen MR) is 276 cm³/mol. The molecule has 12 nitrogen and oxygen atoms in total. The maximum Gasteiger partial charge on any atom is 0.397 e. The van der Waals surface area contributed by atoms with E-state index < -0.39 is 59.8 Å². The lowest BCUT2D eigenvalue weighted by Crippen LogP contribution is -2.60. The standard InChI is InChI=1S/C55H100O12S/c1-3-5-7-9-11-13-15-17-19-21-23-24-25-27-29-31-33-35-37-39-41-43-45-63-47-49(48-64-55-53(59)54(67-68(60,61)62)52(58)50(46-56)66-55)65-51(57)44-42-40-38-36-34-32-30-28-26-22-20-18-16-14-12-10-8-6-4-2/h15,17-18,20-21,23,25,27,49-50,52-56,58-59H,3-14,16,19,22,24,26,28-48H2,1-2H3,(H,60,61,62)/b17-15-,20-18-,23-21-,27-25-. The fourth-order valence-electron chi connectivity index (χ4n) is 8.26. The summed E-state index contributed by atoms with van der Waals surface area (Å²) >= 11 is 0. The number of allylic oxidation sites excluding steroid dienone is 8. The number of aliphatic hydroxyl groups excluding tert-OH is 3. The Morgan fingerprint density at radius 3 is 1.43 bits per heavy atom. The van der Waals surface area contributed by atoms with Crippen LogP contribution in [0.15, 0.2) is 48.6 Å². The van der Waals surface area contributed by atoms with E-state index in [9.17, 15) is 33.1 Å². The molecule has 0 radical (unpaired) electrons. The number of carbonyl (C=O) groups excluding carboxylic acids is 1. The van der Waals surface area contributed by atoms with Gasteiger partial charge in [0.05, 0.1) is 19.8 Å². The fraction of sp³-hybridized carbons (Fsp3) is 0.836. The topological polar surface area (TPSA) is 178 Å². The van der Waals surface area contributed by atoms with Crippen LogP contribution in [0.5, 0.6) is 0 Å². The number of hydrogen-bond acceptors (Lipinski definition) is 11. The third-order valence-electron chi connectivity index (χ3n) is 12.4. The van der Waals surface area contributed by atoms with E-state index in [1.807, 2.05) is 0 Å². The van der Waals surface area contributed by atoms with Gasteiger partial charge in [0.15, 0.2) is 6.29 Å². The summed E-state index contributed by atoms with van der Waals surface area (Å²) in [5.74, 6) is -0.404. The first kappa shape index (κ1) is 64.1. The van der Waals surface area contributed by atoms with Crippen LogP contribution in [0.4, 0.5) is 0 Å². The number of unbranched alkanes of at least 4 members (excludes halogenated alkanes) is 27. The Hall–Kier alpha value is -1.94. The highest BCUT2D eigenvalue weighted by Crippen LogP contribution is 2.26. The van der Waals surface area contributed by atoms with Crippen LogP contribution in [0, 0.1) is 0 Å². The van der Waals surface area contributed by atoms with Crippen molar-refractivity contribution < 1.29 is 56.2 Å². The van der Waals surface area contributed by atoms with Gasteiger partial charge < -0.3 is 34.3 Å². The van der Waals surface area contributed by atoms with Crippen molar-refractivity contribution in [3.8, 4) is 0 Å². The molecule has 1 rings (SSSR count). The molecule has 1 heterocycles. The van der Waals surface area contributed by atoms with E-state index in [-0.39, 0.29) is 19.6 Å². The molecular weight excluding hydrogens is 885 g/mol. The Labute approximate surface area is 415 Å². The quantitative estimate of drug-likeness (QED) is 0.0197. The van der Waals surface area contributed by atoms with Crippen LogP contribution in [0.25, 0.3) is 0 Å². The molecule has 0 aromatic carbocycles. The zero-order valence-corrected chi connectivity index (χ0v) is 43.7. The third kappa shape index (κ3) is 38.8. The number of ether oxygens (including phenoxy) is 4. The monoisotopic (exact) mass is 985 g/mol. The van der Waals surface area contributed by atoms with E-state index in [0.29, 0.717) is 13.0 Å². The van der Waals surface area contributed by atoms with Gasteiger partial charge in [-0.2, -0.15) is 8.42 Å². The lowest BCUT2D eigenvalue weighted by atomic mass is 9.99. The molecule has 6 unspecified atom stereocenters. The van der Waals surface area contributed by atoms with Crippen molar-refractivity contribution in [2.75, 3.05) is 26.4 Å². The second-order valence-electron chi connectivity index (χ2n) is 18.8. The molecule has 0 aliphatic carbocycles. The highest BCUT2D eigenvalue weighted by molar-refractivity contribution is 7.80. The van der Waals surface area contributed by atoms with Gasteiger partial charge >= 0.3 is 16.4 Å². The van der Waals surface area contributed by atoms with Gasteiger partial charge in [0.1, 0.15) is 30.5 Å². The van der Waals surface area contributed by atoms with Crippen molar-refractivity contribution in [3.05, 3.63) is 48.6 Å². The van der Waals surface area contributed by atoms with Gasteiger partial charge in [0, 0.05) is 13.0 Å². The van der Waals surface area contributed by atoms with Crippen molar-refractivity contribution in [1.29, 1.82) is 0 Å².